The van der Waals surface area contributed by atoms with Crippen LogP contribution in [0.15, 0.2) is 6.20 Å². The Hall–Kier alpha value is -0.430. The third-order valence-corrected chi connectivity index (χ3v) is 2.90. The van der Waals surface area contributed by atoms with Gasteiger partial charge >= 0.3 is 0 Å². The first-order valence-corrected chi connectivity index (χ1v) is 5.91. The van der Waals surface area contributed by atoms with Crippen molar-refractivity contribution in [3.63, 3.8) is 0 Å². The molecule has 0 aromatic carbocycles. The summed E-state index contributed by atoms with van der Waals surface area (Å²) in [7, 11) is 3.54. The fraction of sp³-hybridized carbons (Fsp3) is 0.600. The monoisotopic (exact) mass is 321 g/mol. The standard InChI is InChI=1S/C10H16IN3O/c1-6(2)8(15-4)10-13-5-7(11)9(12-3)14-10/h5-6,8H,1-4H3,(H,12,13,14). The van der Waals surface area contributed by atoms with Crippen LogP contribution in [0.25, 0.3) is 0 Å². The molecule has 1 unspecified atom stereocenters. The minimum Gasteiger partial charge on any atom is -0.373 e. The Labute approximate surface area is 104 Å². The highest BCUT2D eigenvalue weighted by molar-refractivity contribution is 14.1. The maximum atomic E-state index is 5.38. The number of ether oxygens (including phenoxy) is 1. The molecular weight excluding hydrogens is 305 g/mol. The number of nitrogens with one attached hydrogen (secondary N) is 1. The Balaban J connectivity index is 3.03. The number of hydrogen-bond acceptors (Lipinski definition) is 4. The van der Waals surface area contributed by atoms with E-state index >= 15 is 0 Å². The topological polar surface area (TPSA) is 47.0 Å². The molecule has 0 aliphatic rings. The highest BCUT2D eigenvalue weighted by Crippen LogP contribution is 2.24. The van der Waals surface area contributed by atoms with Gasteiger partial charge in [-0.3, -0.25) is 0 Å². The highest BCUT2D eigenvalue weighted by atomic mass is 127. The van der Waals surface area contributed by atoms with Crippen molar-refractivity contribution in [2.45, 2.75) is 20.0 Å². The molecule has 1 rings (SSSR count). The molecule has 1 N–H and O–H groups in total. The van der Waals surface area contributed by atoms with E-state index in [1.165, 1.54) is 0 Å². The molecule has 0 aliphatic carbocycles. The number of methoxy groups -OCH3 is 1. The molecule has 0 bridgehead atoms. The van der Waals surface area contributed by atoms with Gasteiger partial charge in [0.15, 0.2) is 5.82 Å². The Morgan fingerprint density at radius 3 is 2.60 bits per heavy atom. The maximum absolute atomic E-state index is 5.38. The van der Waals surface area contributed by atoms with E-state index in [9.17, 15) is 0 Å². The van der Waals surface area contributed by atoms with Crippen LogP contribution in [0.2, 0.25) is 0 Å². The van der Waals surface area contributed by atoms with Gasteiger partial charge in [0.2, 0.25) is 0 Å². The molecule has 4 nitrogen and oxygen atoms in total. The summed E-state index contributed by atoms with van der Waals surface area (Å²) in [4.78, 5) is 8.72. The quantitative estimate of drug-likeness (QED) is 0.866. The summed E-state index contributed by atoms with van der Waals surface area (Å²) in [5.74, 6) is 1.94. The molecule has 0 fully saturated rings. The van der Waals surface area contributed by atoms with Crippen molar-refractivity contribution in [1.29, 1.82) is 0 Å². The van der Waals surface area contributed by atoms with Gasteiger partial charge in [-0.15, -0.1) is 0 Å². The van der Waals surface area contributed by atoms with Crippen LogP contribution in [0.5, 0.6) is 0 Å². The van der Waals surface area contributed by atoms with Gasteiger partial charge in [0.1, 0.15) is 11.9 Å². The van der Waals surface area contributed by atoms with Crippen LogP contribution in [0, 0.1) is 9.49 Å². The fourth-order valence-corrected chi connectivity index (χ4v) is 1.90. The van der Waals surface area contributed by atoms with Crippen LogP contribution in [0.1, 0.15) is 25.8 Å². The van der Waals surface area contributed by atoms with Crippen molar-refractivity contribution in [1.82, 2.24) is 9.97 Å². The third-order valence-electron chi connectivity index (χ3n) is 2.11. The van der Waals surface area contributed by atoms with Crippen molar-refractivity contribution in [2.75, 3.05) is 19.5 Å². The maximum Gasteiger partial charge on any atom is 0.159 e. The van der Waals surface area contributed by atoms with E-state index in [4.69, 9.17) is 4.74 Å². The van der Waals surface area contributed by atoms with E-state index in [0.29, 0.717) is 5.92 Å². The van der Waals surface area contributed by atoms with Crippen molar-refractivity contribution in [2.24, 2.45) is 5.92 Å². The first-order valence-electron chi connectivity index (χ1n) is 4.83. The first kappa shape index (κ1) is 12.6. The summed E-state index contributed by atoms with van der Waals surface area (Å²) in [6.45, 7) is 4.18. The molecule has 1 aromatic rings. The van der Waals surface area contributed by atoms with Gasteiger partial charge in [-0.05, 0) is 28.5 Å². The van der Waals surface area contributed by atoms with Crippen molar-refractivity contribution in [3.05, 3.63) is 15.6 Å². The summed E-state index contributed by atoms with van der Waals surface area (Å²) < 4.78 is 6.39. The van der Waals surface area contributed by atoms with Crippen LogP contribution in [0.3, 0.4) is 0 Å². The Morgan fingerprint density at radius 2 is 2.13 bits per heavy atom. The van der Waals surface area contributed by atoms with E-state index in [1.807, 2.05) is 13.2 Å². The van der Waals surface area contributed by atoms with E-state index in [1.54, 1.807) is 7.11 Å². The van der Waals surface area contributed by atoms with Gasteiger partial charge in [-0.25, -0.2) is 9.97 Å². The molecule has 0 amide bonds. The van der Waals surface area contributed by atoms with Crippen LogP contribution in [-0.4, -0.2) is 24.1 Å². The van der Waals surface area contributed by atoms with E-state index in [0.717, 1.165) is 15.2 Å². The molecule has 0 saturated heterocycles. The van der Waals surface area contributed by atoms with Crippen LogP contribution >= 0.6 is 22.6 Å². The fourth-order valence-electron chi connectivity index (χ4n) is 1.37. The van der Waals surface area contributed by atoms with Crippen LogP contribution in [-0.2, 0) is 4.74 Å². The summed E-state index contributed by atoms with van der Waals surface area (Å²) in [6.07, 6.45) is 1.76. The van der Waals surface area contributed by atoms with E-state index in [-0.39, 0.29) is 6.10 Å². The van der Waals surface area contributed by atoms with Gasteiger partial charge in [-0.1, -0.05) is 13.8 Å². The normalized spacial score (nSPS) is 12.9. The molecule has 5 heteroatoms. The molecule has 1 aromatic heterocycles. The summed E-state index contributed by atoms with van der Waals surface area (Å²) in [5, 5.41) is 3.04. The number of nitrogens with zero attached hydrogens (tertiary/aromatic N) is 2. The van der Waals surface area contributed by atoms with E-state index < -0.39 is 0 Å². The molecular formula is C10H16IN3O. The van der Waals surface area contributed by atoms with Gasteiger partial charge < -0.3 is 10.1 Å². The molecule has 0 aliphatic heterocycles. The van der Waals surface area contributed by atoms with Gasteiger partial charge in [0, 0.05) is 20.4 Å². The molecule has 0 spiro atoms. The largest absolute Gasteiger partial charge is 0.373 e. The number of hydrogen-bond donors (Lipinski definition) is 1. The second-order valence-corrected chi connectivity index (χ2v) is 4.74. The number of anilines is 1. The van der Waals surface area contributed by atoms with Gasteiger partial charge in [-0.2, -0.15) is 0 Å². The minimum atomic E-state index is -0.0471. The molecule has 0 radical (unpaired) electrons. The Morgan fingerprint density at radius 1 is 1.47 bits per heavy atom. The second kappa shape index (κ2) is 5.60. The average Bonchev–Trinajstić information content (AvgIpc) is 2.21. The lowest BCUT2D eigenvalue weighted by molar-refractivity contribution is 0.0575. The molecule has 84 valence electrons. The predicted octanol–water partition coefficient (Wildman–Crippen LogP) is 2.47. The number of rotatable bonds is 4. The zero-order valence-corrected chi connectivity index (χ0v) is 11.6. The summed E-state index contributed by atoms with van der Waals surface area (Å²) in [6, 6.07) is 0. The second-order valence-electron chi connectivity index (χ2n) is 3.58. The van der Waals surface area contributed by atoms with Crippen LogP contribution in [0.4, 0.5) is 5.82 Å². The minimum absolute atomic E-state index is 0.0471. The van der Waals surface area contributed by atoms with Crippen molar-refractivity contribution >= 4 is 28.4 Å². The SMILES string of the molecule is CNc1nc(C(OC)C(C)C)ncc1I. The van der Waals surface area contributed by atoms with E-state index in [2.05, 4.69) is 51.7 Å². The molecule has 15 heavy (non-hydrogen) atoms. The summed E-state index contributed by atoms with van der Waals surface area (Å²) >= 11 is 2.20. The third kappa shape index (κ3) is 3.01. The smallest absolute Gasteiger partial charge is 0.159 e. The molecule has 0 saturated carbocycles. The number of aromatic nitrogens is 2. The zero-order chi connectivity index (χ0) is 11.4. The van der Waals surface area contributed by atoms with Crippen molar-refractivity contribution in [3.8, 4) is 0 Å². The average molecular weight is 321 g/mol. The molecule has 1 atom stereocenters. The lowest BCUT2D eigenvalue weighted by Gasteiger charge is -2.18. The van der Waals surface area contributed by atoms with Gasteiger partial charge in [0.05, 0.1) is 3.57 Å². The van der Waals surface area contributed by atoms with Crippen LogP contribution < -0.4 is 5.32 Å². The predicted molar refractivity (Wildman–Crippen MR) is 68.9 cm³/mol. The van der Waals surface area contributed by atoms with Gasteiger partial charge in [0.25, 0.3) is 0 Å². The number of halogens is 1. The van der Waals surface area contributed by atoms with Crippen molar-refractivity contribution < 1.29 is 4.74 Å². The zero-order valence-electron chi connectivity index (χ0n) is 9.41. The Kier molecular flexibility index (Phi) is 4.72. The molecule has 1 heterocycles. The summed E-state index contributed by atoms with van der Waals surface area (Å²) in [5.41, 5.74) is 0. The lowest BCUT2D eigenvalue weighted by Crippen LogP contribution is -2.14. The highest BCUT2D eigenvalue weighted by Gasteiger charge is 2.18. The first-order chi connectivity index (χ1) is 7.10. The lowest BCUT2D eigenvalue weighted by atomic mass is 10.1. The Bertz CT molecular complexity index is 330.